The fourth-order valence-corrected chi connectivity index (χ4v) is 4.30. The summed E-state index contributed by atoms with van der Waals surface area (Å²) in [4.78, 5) is 26.9. The van der Waals surface area contributed by atoms with Crippen LogP contribution in [0.1, 0.15) is 29.6 Å². The average molecular weight is 440 g/mol. The van der Waals surface area contributed by atoms with Crippen molar-refractivity contribution in [2.75, 3.05) is 18.4 Å². The lowest BCUT2D eigenvalue weighted by molar-refractivity contribution is 0.000455. The molecule has 0 atom stereocenters. The molecule has 2 aromatic carbocycles. The summed E-state index contributed by atoms with van der Waals surface area (Å²) in [6.45, 7) is 0.959. The number of nitrogens with zero attached hydrogens (tertiary/aromatic N) is 1. The summed E-state index contributed by atoms with van der Waals surface area (Å²) < 4.78 is 6.19. The number of hydrogen-bond acceptors (Lipinski definition) is 3. The number of amides is 2. The number of ether oxygens (including phenoxy) is 1. The first kappa shape index (κ1) is 19.4. The second kappa shape index (κ2) is 7.47. The van der Waals surface area contributed by atoms with E-state index in [1.54, 1.807) is 41.3 Å². The molecular formula is C20H17Cl3N2O3. The number of halogens is 3. The van der Waals surface area contributed by atoms with Crippen molar-refractivity contribution in [1.29, 1.82) is 0 Å². The molecule has 8 heteroatoms. The summed E-state index contributed by atoms with van der Waals surface area (Å²) in [6, 6.07) is 9.91. The average Bonchev–Trinajstić information content (AvgIpc) is 2.65. The van der Waals surface area contributed by atoms with Gasteiger partial charge in [0.1, 0.15) is 11.4 Å². The van der Waals surface area contributed by atoms with Crippen molar-refractivity contribution < 1.29 is 14.3 Å². The van der Waals surface area contributed by atoms with Crippen LogP contribution in [0.4, 0.5) is 10.5 Å². The van der Waals surface area contributed by atoms with E-state index in [9.17, 15) is 9.59 Å². The van der Waals surface area contributed by atoms with Crippen molar-refractivity contribution in [2.24, 2.45) is 0 Å². The fourth-order valence-electron chi connectivity index (χ4n) is 3.64. The normalized spacial score (nSPS) is 17.8. The van der Waals surface area contributed by atoms with Crippen molar-refractivity contribution in [3.63, 3.8) is 0 Å². The zero-order valence-electron chi connectivity index (χ0n) is 14.8. The predicted molar refractivity (Wildman–Crippen MR) is 110 cm³/mol. The topological polar surface area (TPSA) is 58.6 Å². The maximum atomic E-state index is 12.6. The van der Waals surface area contributed by atoms with Gasteiger partial charge in [0.2, 0.25) is 0 Å². The quantitative estimate of drug-likeness (QED) is 0.622. The minimum absolute atomic E-state index is 0.0373. The monoisotopic (exact) mass is 438 g/mol. The predicted octanol–water partition coefficient (Wildman–Crippen LogP) is 5.68. The minimum Gasteiger partial charge on any atom is -0.484 e. The van der Waals surface area contributed by atoms with E-state index in [1.165, 1.54) is 0 Å². The summed E-state index contributed by atoms with van der Waals surface area (Å²) in [5, 5.41) is 4.20. The Labute approximate surface area is 177 Å². The van der Waals surface area contributed by atoms with Crippen LogP contribution in [-0.4, -0.2) is 35.4 Å². The van der Waals surface area contributed by atoms with Gasteiger partial charge in [0.25, 0.3) is 0 Å². The molecule has 1 spiro atoms. The number of hydrogen-bond donors (Lipinski definition) is 1. The van der Waals surface area contributed by atoms with Crippen LogP contribution < -0.4 is 10.1 Å². The molecule has 0 unspecified atom stereocenters. The van der Waals surface area contributed by atoms with Crippen LogP contribution in [-0.2, 0) is 0 Å². The van der Waals surface area contributed by atoms with E-state index in [0.717, 1.165) is 0 Å². The number of carbonyl (C=O) groups excluding carboxylic acids is 2. The highest BCUT2D eigenvalue weighted by atomic mass is 35.5. The SMILES string of the molecule is O=C1CC2(CCN(C(=O)Nc3ccc(Cl)cc3)CC2)Oc2c(Cl)cc(Cl)cc21. The standard InChI is InChI=1S/C20H17Cl3N2O3/c21-12-1-3-14(4-2-12)24-19(27)25-7-5-20(6-8-25)11-17(26)15-9-13(22)10-16(23)18(15)28-20/h1-4,9-10H,5-8,11H2,(H,24,27). The van der Waals surface area contributed by atoms with Crippen LogP contribution in [0.25, 0.3) is 0 Å². The number of carbonyl (C=O) groups is 2. The summed E-state index contributed by atoms with van der Waals surface area (Å²) in [5.41, 5.74) is 0.459. The minimum atomic E-state index is -0.640. The van der Waals surface area contributed by atoms with Crippen LogP contribution in [0.15, 0.2) is 36.4 Å². The molecule has 2 aliphatic heterocycles. The molecule has 0 radical (unpaired) electrons. The van der Waals surface area contributed by atoms with Gasteiger partial charge in [-0.05, 0) is 36.4 Å². The summed E-state index contributed by atoms with van der Waals surface area (Å²) in [6.07, 6.45) is 1.35. The lowest BCUT2D eigenvalue weighted by atomic mass is 9.82. The van der Waals surface area contributed by atoms with Gasteiger partial charge < -0.3 is 15.0 Å². The molecule has 146 valence electrons. The number of nitrogens with one attached hydrogen (secondary N) is 1. The van der Waals surface area contributed by atoms with Crippen LogP contribution in [0.3, 0.4) is 0 Å². The highest BCUT2D eigenvalue weighted by Gasteiger charge is 2.44. The second-order valence-electron chi connectivity index (χ2n) is 7.07. The molecule has 0 saturated carbocycles. The Bertz CT molecular complexity index is 938. The molecule has 0 aliphatic carbocycles. The molecular weight excluding hydrogens is 423 g/mol. The van der Waals surface area contributed by atoms with Crippen molar-refractivity contribution in [3.8, 4) is 5.75 Å². The largest absolute Gasteiger partial charge is 0.484 e. The first-order valence-electron chi connectivity index (χ1n) is 8.88. The maximum absolute atomic E-state index is 12.6. The van der Waals surface area contributed by atoms with Gasteiger partial charge in [-0.2, -0.15) is 0 Å². The Hall–Kier alpha value is -1.95. The summed E-state index contributed by atoms with van der Waals surface area (Å²) in [5.74, 6) is 0.353. The van der Waals surface area contributed by atoms with Gasteiger partial charge in [0.05, 0.1) is 17.0 Å². The van der Waals surface area contributed by atoms with Crippen LogP contribution in [0.5, 0.6) is 5.75 Å². The van der Waals surface area contributed by atoms with Gasteiger partial charge in [-0.1, -0.05) is 34.8 Å². The molecule has 1 N–H and O–H groups in total. The van der Waals surface area contributed by atoms with Crippen LogP contribution in [0, 0.1) is 0 Å². The molecule has 4 rings (SSSR count). The van der Waals surface area contributed by atoms with Crippen molar-refractivity contribution in [1.82, 2.24) is 4.90 Å². The van der Waals surface area contributed by atoms with E-state index >= 15 is 0 Å². The van der Waals surface area contributed by atoms with Gasteiger partial charge in [0.15, 0.2) is 5.78 Å². The maximum Gasteiger partial charge on any atom is 0.321 e. The smallest absolute Gasteiger partial charge is 0.321 e. The number of urea groups is 1. The van der Waals surface area contributed by atoms with Gasteiger partial charge in [-0.3, -0.25) is 4.79 Å². The zero-order chi connectivity index (χ0) is 19.9. The third kappa shape index (κ3) is 3.79. The van der Waals surface area contributed by atoms with E-state index in [-0.39, 0.29) is 18.2 Å². The first-order valence-corrected chi connectivity index (χ1v) is 10.0. The van der Waals surface area contributed by atoms with Gasteiger partial charge >= 0.3 is 6.03 Å². The number of ketones is 1. The number of anilines is 1. The summed E-state index contributed by atoms with van der Waals surface area (Å²) in [7, 11) is 0. The highest BCUT2D eigenvalue weighted by molar-refractivity contribution is 6.36. The first-order chi connectivity index (χ1) is 13.3. The van der Waals surface area contributed by atoms with E-state index < -0.39 is 5.60 Å². The summed E-state index contributed by atoms with van der Waals surface area (Å²) >= 11 is 18.1. The number of likely N-dealkylation sites (tertiary alicyclic amines) is 1. The van der Waals surface area contributed by atoms with Crippen molar-refractivity contribution in [3.05, 3.63) is 57.0 Å². The molecule has 1 fully saturated rings. The highest BCUT2D eigenvalue weighted by Crippen LogP contribution is 2.44. The number of fused-ring (bicyclic) bond motifs is 1. The zero-order valence-corrected chi connectivity index (χ0v) is 17.1. The van der Waals surface area contributed by atoms with Gasteiger partial charge in [-0.25, -0.2) is 4.79 Å². The number of rotatable bonds is 1. The van der Waals surface area contributed by atoms with Crippen molar-refractivity contribution in [2.45, 2.75) is 24.9 Å². The van der Waals surface area contributed by atoms with Gasteiger partial charge in [0, 0.05) is 41.7 Å². The Kier molecular flexibility index (Phi) is 5.17. The molecule has 28 heavy (non-hydrogen) atoms. The third-order valence-electron chi connectivity index (χ3n) is 5.17. The number of benzene rings is 2. The van der Waals surface area contributed by atoms with Gasteiger partial charge in [-0.15, -0.1) is 0 Å². The number of Topliss-reactive ketones (excluding diaryl/α,β-unsaturated/α-hetero) is 1. The van der Waals surface area contributed by atoms with E-state index in [4.69, 9.17) is 39.5 Å². The lowest BCUT2D eigenvalue weighted by Gasteiger charge is -2.44. The lowest BCUT2D eigenvalue weighted by Crippen LogP contribution is -2.53. The Morgan fingerprint density at radius 3 is 2.39 bits per heavy atom. The van der Waals surface area contributed by atoms with E-state index in [1.807, 2.05) is 0 Å². The molecule has 0 bridgehead atoms. The Morgan fingerprint density at radius 2 is 1.71 bits per heavy atom. The third-order valence-corrected chi connectivity index (χ3v) is 5.92. The molecule has 0 aromatic heterocycles. The van der Waals surface area contributed by atoms with Crippen LogP contribution in [0.2, 0.25) is 15.1 Å². The number of piperidine rings is 1. The fraction of sp³-hybridized carbons (Fsp3) is 0.300. The molecule has 5 nitrogen and oxygen atoms in total. The van der Waals surface area contributed by atoms with Crippen molar-refractivity contribution >= 4 is 52.3 Å². The molecule has 2 amide bonds. The van der Waals surface area contributed by atoms with E-state index in [2.05, 4.69) is 5.32 Å². The second-order valence-corrected chi connectivity index (χ2v) is 8.35. The molecule has 2 aliphatic rings. The Balaban J connectivity index is 1.44. The van der Waals surface area contributed by atoms with Crippen LogP contribution >= 0.6 is 34.8 Å². The Morgan fingerprint density at radius 1 is 1.04 bits per heavy atom. The molecule has 2 aromatic rings. The molecule has 1 saturated heterocycles. The van der Waals surface area contributed by atoms with E-state index in [0.29, 0.717) is 58.0 Å². The molecule has 2 heterocycles.